The molecule has 0 spiro atoms. The number of hydrogen-bond donors (Lipinski definition) is 2. The number of nitrogens with zero attached hydrogens (tertiary/aromatic N) is 1. The van der Waals surface area contributed by atoms with Gasteiger partial charge in [0.05, 0.1) is 6.10 Å². The molecule has 2 rings (SSSR count). The lowest BCUT2D eigenvalue weighted by atomic mass is 10.1. The predicted octanol–water partition coefficient (Wildman–Crippen LogP) is 1.42. The molecule has 94 valence electrons. The highest BCUT2D eigenvalue weighted by Gasteiger charge is 2.21. The number of hydrogen-bond acceptors (Lipinski definition) is 3. The van der Waals surface area contributed by atoms with Crippen LogP contribution in [0, 0.1) is 5.92 Å². The van der Waals surface area contributed by atoms with Crippen molar-refractivity contribution in [2.45, 2.75) is 18.9 Å². The molecule has 1 fully saturated rings. The van der Waals surface area contributed by atoms with Crippen molar-refractivity contribution in [2.24, 2.45) is 5.92 Å². The van der Waals surface area contributed by atoms with Gasteiger partial charge in [0.2, 0.25) is 0 Å². The van der Waals surface area contributed by atoms with Crippen LogP contribution in [0.5, 0.6) is 0 Å². The zero-order chi connectivity index (χ0) is 12.1. The summed E-state index contributed by atoms with van der Waals surface area (Å²) < 4.78 is 0. The second-order valence-corrected chi connectivity index (χ2v) is 4.85. The van der Waals surface area contributed by atoms with E-state index in [0.717, 1.165) is 38.0 Å². The van der Waals surface area contributed by atoms with E-state index in [2.05, 4.69) is 4.90 Å². The third kappa shape index (κ3) is 3.53. The first kappa shape index (κ1) is 12.6. The lowest BCUT2D eigenvalue weighted by Gasteiger charge is -2.18. The van der Waals surface area contributed by atoms with Crippen LogP contribution in [0.3, 0.4) is 0 Å². The van der Waals surface area contributed by atoms with Gasteiger partial charge in [0, 0.05) is 19.7 Å². The van der Waals surface area contributed by atoms with Gasteiger partial charge in [-0.25, -0.2) is 0 Å². The standard InChI is InChI=1S/C14H21NO2/c16-11-12-6-8-15(10-12)9-7-14(17)13-4-2-1-3-5-13/h1-5,12,14,16-17H,6-11H2. The number of aliphatic hydroxyl groups excluding tert-OH is 2. The van der Waals surface area contributed by atoms with Crippen molar-refractivity contribution < 1.29 is 10.2 Å². The molecule has 0 aliphatic carbocycles. The molecule has 0 radical (unpaired) electrons. The largest absolute Gasteiger partial charge is 0.396 e. The molecule has 17 heavy (non-hydrogen) atoms. The zero-order valence-electron chi connectivity index (χ0n) is 10.1. The Balaban J connectivity index is 1.75. The Kier molecular flexibility index (Phi) is 4.54. The fraction of sp³-hybridized carbons (Fsp3) is 0.571. The minimum atomic E-state index is -0.371. The van der Waals surface area contributed by atoms with E-state index in [0.29, 0.717) is 5.92 Å². The molecule has 0 bridgehead atoms. The third-order valence-electron chi connectivity index (χ3n) is 3.53. The molecule has 3 nitrogen and oxygen atoms in total. The van der Waals surface area contributed by atoms with Gasteiger partial charge < -0.3 is 15.1 Å². The van der Waals surface area contributed by atoms with Crippen LogP contribution in [0.2, 0.25) is 0 Å². The molecule has 1 aromatic rings. The first-order valence-corrected chi connectivity index (χ1v) is 6.36. The first-order valence-electron chi connectivity index (χ1n) is 6.36. The molecular formula is C14H21NO2. The molecule has 1 saturated heterocycles. The third-order valence-corrected chi connectivity index (χ3v) is 3.53. The van der Waals surface area contributed by atoms with E-state index in [1.165, 1.54) is 0 Å². The van der Waals surface area contributed by atoms with E-state index in [1.807, 2.05) is 30.3 Å². The first-order chi connectivity index (χ1) is 8.29. The Hall–Kier alpha value is -0.900. The summed E-state index contributed by atoms with van der Waals surface area (Å²) in [5, 5.41) is 19.1. The van der Waals surface area contributed by atoms with Crippen molar-refractivity contribution in [3.8, 4) is 0 Å². The Labute approximate surface area is 103 Å². The minimum Gasteiger partial charge on any atom is -0.396 e. The summed E-state index contributed by atoms with van der Waals surface area (Å²) >= 11 is 0. The lowest BCUT2D eigenvalue weighted by molar-refractivity contribution is 0.146. The summed E-state index contributed by atoms with van der Waals surface area (Å²) in [6.07, 6.45) is 1.48. The van der Waals surface area contributed by atoms with Crippen LogP contribution in [0.15, 0.2) is 30.3 Å². The molecule has 2 unspecified atom stereocenters. The SMILES string of the molecule is OCC1CCN(CCC(O)c2ccccc2)C1. The predicted molar refractivity (Wildman–Crippen MR) is 67.7 cm³/mol. The van der Waals surface area contributed by atoms with Crippen molar-refractivity contribution in [3.63, 3.8) is 0 Å². The minimum absolute atomic E-state index is 0.289. The van der Waals surface area contributed by atoms with Gasteiger partial charge in [-0.05, 0) is 30.9 Å². The quantitative estimate of drug-likeness (QED) is 0.811. The van der Waals surface area contributed by atoms with Gasteiger partial charge in [0.15, 0.2) is 0 Å². The molecule has 1 heterocycles. The highest BCUT2D eigenvalue weighted by molar-refractivity contribution is 5.17. The van der Waals surface area contributed by atoms with Crippen LogP contribution >= 0.6 is 0 Å². The molecule has 0 amide bonds. The van der Waals surface area contributed by atoms with Gasteiger partial charge in [-0.15, -0.1) is 0 Å². The average molecular weight is 235 g/mol. The van der Waals surface area contributed by atoms with E-state index in [-0.39, 0.29) is 12.7 Å². The summed E-state index contributed by atoms with van der Waals surface area (Å²) in [6, 6.07) is 9.80. The monoisotopic (exact) mass is 235 g/mol. The molecule has 1 aliphatic heterocycles. The molecule has 2 atom stereocenters. The summed E-state index contributed by atoms with van der Waals surface area (Å²) in [7, 11) is 0. The molecule has 3 heteroatoms. The van der Waals surface area contributed by atoms with Crippen LogP contribution in [0.4, 0.5) is 0 Å². The van der Waals surface area contributed by atoms with Crippen molar-refractivity contribution in [2.75, 3.05) is 26.2 Å². The Morgan fingerprint density at radius 2 is 2.06 bits per heavy atom. The Morgan fingerprint density at radius 1 is 1.29 bits per heavy atom. The van der Waals surface area contributed by atoms with Gasteiger partial charge in [-0.3, -0.25) is 0 Å². The van der Waals surface area contributed by atoms with Crippen molar-refractivity contribution in [3.05, 3.63) is 35.9 Å². The highest BCUT2D eigenvalue weighted by Crippen LogP contribution is 2.20. The second-order valence-electron chi connectivity index (χ2n) is 4.85. The maximum absolute atomic E-state index is 10.0. The van der Waals surface area contributed by atoms with Crippen molar-refractivity contribution in [1.82, 2.24) is 4.90 Å². The van der Waals surface area contributed by atoms with Gasteiger partial charge >= 0.3 is 0 Å². The van der Waals surface area contributed by atoms with Gasteiger partial charge in [-0.1, -0.05) is 30.3 Å². The maximum Gasteiger partial charge on any atom is 0.0802 e. The molecule has 1 aliphatic rings. The van der Waals surface area contributed by atoms with E-state index in [9.17, 15) is 5.11 Å². The number of aliphatic hydroxyl groups is 2. The van der Waals surface area contributed by atoms with Crippen LogP contribution in [0.1, 0.15) is 24.5 Å². The fourth-order valence-electron chi connectivity index (χ4n) is 2.41. The summed E-state index contributed by atoms with van der Waals surface area (Å²) in [5.74, 6) is 0.434. The topological polar surface area (TPSA) is 43.7 Å². The smallest absolute Gasteiger partial charge is 0.0802 e. The van der Waals surface area contributed by atoms with Gasteiger partial charge in [0.25, 0.3) is 0 Å². The van der Waals surface area contributed by atoms with Crippen LogP contribution in [-0.4, -0.2) is 41.4 Å². The molecule has 2 N–H and O–H groups in total. The molecular weight excluding hydrogens is 214 g/mol. The van der Waals surface area contributed by atoms with E-state index < -0.39 is 0 Å². The van der Waals surface area contributed by atoms with Crippen LogP contribution < -0.4 is 0 Å². The average Bonchev–Trinajstić information content (AvgIpc) is 2.85. The van der Waals surface area contributed by atoms with E-state index >= 15 is 0 Å². The molecule has 0 saturated carbocycles. The summed E-state index contributed by atoms with van der Waals surface area (Å²) in [6.45, 7) is 3.22. The Morgan fingerprint density at radius 3 is 2.71 bits per heavy atom. The molecule has 0 aromatic heterocycles. The fourth-order valence-corrected chi connectivity index (χ4v) is 2.41. The number of rotatable bonds is 5. The van der Waals surface area contributed by atoms with Crippen molar-refractivity contribution >= 4 is 0 Å². The normalized spacial score (nSPS) is 22.8. The van der Waals surface area contributed by atoms with Gasteiger partial charge in [-0.2, -0.15) is 0 Å². The van der Waals surface area contributed by atoms with Crippen LogP contribution in [-0.2, 0) is 0 Å². The van der Waals surface area contributed by atoms with E-state index in [4.69, 9.17) is 5.11 Å². The summed E-state index contributed by atoms with van der Waals surface area (Å²) in [4.78, 5) is 2.33. The maximum atomic E-state index is 10.0. The lowest BCUT2D eigenvalue weighted by Crippen LogP contribution is -2.24. The van der Waals surface area contributed by atoms with Crippen molar-refractivity contribution in [1.29, 1.82) is 0 Å². The summed E-state index contributed by atoms with van der Waals surface area (Å²) in [5.41, 5.74) is 0.991. The number of likely N-dealkylation sites (tertiary alicyclic amines) is 1. The number of benzene rings is 1. The van der Waals surface area contributed by atoms with Gasteiger partial charge in [0.1, 0.15) is 0 Å². The molecule has 1 aromatic carbocycles. The zero-order valence-corrected chi connectivity index (χ0v) is 10.1. The Bertz CT molecular complexity index is 328. The van der Waals surface area contributed by atoms with Crippen LogP contribution in [0.25, 0.3) is 0 Å². The van der Waals surface area contributed by atoms with E-state index in [1.54, 1.807) is 0 Å². The highest BCUT2D eigenvalue weighted by atomic mass is 16.3. The second kappa shape index (κ2) is 6.15.